The Kier molecular flexibility index (Phi) is 6.85. The quantitative estimate of drug-likeness (QED) is 0.526. The second-order valence-corrected chi connectivity index (χ2v) is 8.03. The summed E-state index contributed by atoms with van der Waals surface area (Å²) < 4.78 is 2.21. The number of fused-ring (bicyclic) bond motifs is 1. The van der Waals surface area contributed by atoms with E-state index in [-0.39, 0.29) is 24.4 Å². The summed E-state index contributed by atoms with van der Waals surface area (Å²) in [4.78, 5) is 29.9. The predicted octanol–water partition coefficient (Wildman–Crippen LogP) is 4.37. The van der Waals surface area contributed by atoms with Crippen LogP contribution in [0.25, 0.3) is 6.08 Å². The molecule has 0 fully saturated rings. The standard InChI is InChI=1S/C27H29N3O2/c1-2-17-29(25(31)16-15-22-10-5-3-6-11-22)21-26(32)30-20-19-28-18-9-14-24(28)27(30)23-12-7-4-8-13-23/h3-16,18,27H,2,17,19-21H2,1H3. The van der Waals surface area contributed by atoms with E-state index < -0.39 is 0 Å². The van der Waals surface area contributed by atoms with Gasteiger partial charge in [0.05, 0.1) is 6.04 Å². The minimum Gasteiger partial charge on any atom is -0.348 e. The number of aromatic nitrogens is 1. The van der Waals surface area contributed by atoms with Gasteiger partial charge < -0.3 is 14.4 Å². The molecule has 3 aromatic rings. The maximum Gasteiger partial charge on any atom is 0.247 e. The number of hydrogen-bond donors (Lipinski definition) is 0. The largest absolute Gasteiger partial charge is 0.348 e. The fraction of sp³-hybridized carbons (Fsp3) is 0.259. The fourth-order valence-electron chi connectivity index (χ4n) is 4.27. The molecule has 5 heteroatoms. The molecular weight excluding hydrogens is 398 g/mol. The highest BCUT2D eigenvalue weighted by atomic mass is 16.2. The number of hydrogen-bond acceptors (Lipinski definition) is 2. The van der Waals surface area contributed by atoms with Crippen molar-refractivity contribution in [1.29, 1.82) is 0 Å². The van der Waals surface area contributed by atoms with Crippen LogP contribution in [0.1, 0.15) is 36.2 Å². The second kappa shape index (κ2) is 10.1. The van der Waals surface area contributed by atoms with Crippen molar-refractivity contribution in [3.05, 3.63) is 102 Å². The van der Waals surface area contributed by atoms with Crippen LogP contribution >= 0.6 is 0 Å². The first-order valence-corrected chi connectivity index (χ1v) is 11.2. The molecule has 0 N–H and O–H groups in total. The lowest BCUT2D eigenvalue weighted by Gasteiger charge is -2.38. The van der Waals surface area contributed by atoms with Crippen LogP contribution < -0.4 is 0 Å². The molecule has 0 bridgehead atoms. The molecule has 1 atom stereocenters. The molecule has 164 valence electrons. The third kappa shape index (κ3) is 4.83. The molecule has 32 heavy (non-hydrogen) atoms. The maximum atomic E-state index is 13.5. The third-order valence-corrected chi connectivity index (χ3v) is 5.82. The van der Waals surface area contributed by atoms with Gasteiger partial charge in [-0.3, -0.25) is 9.59 Å². The molecule has 0 aliphatic carbocycles. The summed E-state index contributed by atoms with van der Waals surface area (Å²) in [5, 5.41) is 0. The van der Waals surface area contributed by atoms with E-state index in [0.717, 1.165) is 29.8 Å². The van der Waals surface area contributed by atoms with Gasteiger partial charge in [-0.25, -0.2) is 0 Å². The van der Waals surface area contributed by atoms with E-state index in [1.54, 1.807) is 17.1 Å². The molecule has 2 aromatic carbocycles. The topological polar surface area (TPSA) is 45.6 Å². The molecule has 1 aliphatic rings. The van der Waals surface area contributed by atoms with E-state index in [1.165, 1.54) is 0 Å². The molecule has 0 saturated heterocycles. The molecule has 0 radical (unpaired) electrons. The third-order valence-electron chi connectivity index (χ3n) is 5.82. The number of amides is 2. The smallest absolute Gasteiger partial charge is 0.247 e. The van der Waals surface area contributed by atoms with Gasteiger partial charge in [-0.15, -0.1) is 0 Å². The summed E-state index contributed by atoms with van der Waals surface area (Å²) in [6, 6.07) is 23.8. The Balaban J connectivity index is 1.53. The van der Waals surface area contributed by atoms with Crippen LogP contribution in [0.15, 0.2) is 85.1 Å². The van der Waals surface area contributed by atoms with Crippen molar-refractivity contribution in [2.24, 2.45) is 0 Å². The van der Waals surface area contributed by atoms with E-state index in [0.29, 0.717) is 13.1 Å². The number of benzene rings is 2. The van der Waals surface area contributed by atoms with Crippen LogP contribution in [0.4, 0.5) is 0 Å². The molecule has 2 heterocycles. The minimum absolute atomic E-state index is 0.0267. The van der Waals surface area contributed by atoms with Crippen molar-refractivity contribution in [3.8, 4) is 0 Å². The monoisotopic (exact) mass is 427 g/mol. The zero-order chi connectivity index (χ0) is 22.3. The molecule has 1 aliphatic heterocycles. The van der Waals surface area contributed by atoms with Crippen molar-refractivity contribution in [2.75, 3.05) is 19.6 Å². The number of rotatable bonds is 7. The Morgan fingerprint density at radius 1 is 0.969 bits per heavy atom. The fourth-order valence-corrected chi connectivity index (χ4v) is 4.27. The van der Waals surface area contributed by atoms with Gasteiger partial charge in [-0.05, 0) is 35.8 Å². The molecule has 0 spiro atoms. The van der Waals surface area contributed by atoms with Gasteiger partial charge in [0.2, 0.25) is 11.8 Å². The van der Waals surface area contributed by atoms with Crippen molar-refractivity contribution in [2.45, 2.75) is 25.9 Å². The molecule has 1 aromatic heterocycles. The van der Waals surface area contributed by atoms with Gasteiger partial charge in [0.15, 0.2) is 0 Å². The molecule has 1 unspecified atom stereocenters. The first-order valence-electron chi connectivity index (χ1n) is 11.2. The molecular formula is C27H29N3O2. The minimum atomic E-state index is -0.147. The van der Waals surface area contributed by atoms with Crippen LogP contribution in [-0.4, -0.2) is 45.8 Å². The lowest BCUT2D eigenvalue weighted by Crippen LogP contribution is -2.47. The average molecular weight is 428 g/mol. The Morgan fingerprint density at radius 3 is 2.41 bits per heavy atom. The number of carbonyl (C=O) groups is 2. The molecule has 5 nitrogen and oxygen atoms in total. The maximum absolute atomic E-state index is 13.5. The van der Waals surface area contributed by atoms with Crippen LogP contribution in [0.2, 0.25) is 0 Å². The highest BCUT2D eigenvalue weighted by Crippen LogP contribution is 2.32. The van der Waals surface area contributed by atoms with Crippen LogP contribution in [-0.2, 0) is 16.1 Å². The lowest BCUT2D eigenvalue weighted by atomic mass is 10.00. The highest BCUT2D eigenvalue weighted by molar-refractivity contribution is 5.94. The van der Waals surface area contributed by atoms with E-state index in [1.807, 2.05) is 66.4 Å². The van der Waals surface area contributed by atoms with Crippen molar-refractivity contribution in [3.63, 3.8) is 0 Å². The van der Waals surface area contributed by atoms with Gasteiger partial charge in [0.1, 0.15) is 6.54 Å². The first kappa shape index (κ1) is 21.6. The summed E-state index contributed by atoms with van der Waals surface area (Å²) in [5.41, 5.74) is 3.15. The zero-order valence-corrected chi connectivity index (χ0v) is 18.4. The Hall–Kier alpha value is -3.60. The van der Waals surface area contributed by atoms with Gasteiger partial charge in [0, 0.05) is 37.6 Å². The summed E-state index contributed by atoms with van der Waals surface area (Å²) >= 11 is 0. The van der Waals surface area contributed by atoms with E-state index in [4.69, 9.17) is 0 Å². The molecule has 0 saturated carbocycles. The van der Waals surface area contributed by atoms with E-state index in [2.05, 4.69) is 29.0 Å². The van der Waals surface area contributed by atoms with Crippen molar-refractivity contribution >= 4 is 17.9 Å². The average Bonchev–Trinajstić information content (AvgIpc) is 3.31. The van der Waals surface area contributed by atoms with Gasteiger partial charge in [-0.2, -0.15) is 0 Å². The summed E-state index contributed by atoms with van der Waals surface area (Å²) in [5.74, 6) is -0.165. The predicted molar refractivity (Wildman–Crippen MR) is 127 cm³/mol. The van der Waals surface area contributed by atoms with Crippen LogP contribution in [0.5, 0.6) is 0 Å². The molecule has 2 amide bonds. The Bertz CT molecular complexity index is 1070. The SMILES string of the molecule is CCCN(CC(=O)N1CCn2cccc2C1c1ccccc1)C(=O)C=Cc1ccccc1. The Labute approximate surface area is 189 Å². The molecule has 4 rings (SSSR count). The summed E-state index contributed by atoms with van der Waals surface area (Å²) in [6.45, 7) is 4.02. The summed E-state index contributed by atoms with van der Waals surface area (Å²) in [6.07, 6.45) is 6.22. The van der Waals surface area contributed by atoms with Crippen molar-refractivity contribution < 1.29 is 9.59 Å². The van der Waals surface area contributed by atoms with Gasteiger partial charge in [0.25, 0.3) is 0 Å². The van der Waals surface area contributed by atoms with E-state index in [9.17, 15) is 9.59 Å². The van der Waals surface area contributed by atoms with Crippen LogP contribution in [0.3, 0.4) is 0 Å². The van der Waals surface area contributed by atoms with Gasteiger partial charge in [-0.1, -0.05) is 67.6 Å². The summed E-state index contributed by atoms with van der Waals surface area (Å²) in [7, 11) is 0. The number of carbonyl (C=O) groups excluding carboxylic acids is 2. The zero-order valence-electron chi connectivity index (χ0n) is 18.4. The first-order chi connectivity index (χ1) is 15.7. The lowest BCUT2D eigenvalue weighted by molar-refractivity contribution is -0.140. The van der Waals surface area contributed by atoms with Crippen molar-refractivity contribution in [1.82, 2.24) is 14.4 Å². The normalized spacial score (nSPS) is 15.5. The highest BCUT2D eigenvalue weighted by Gasteiger charge is 2.33. The second-order valence-electron chi connectivity index (χ2n) is 8.03. The number of nitrogens with zero attached hydrogens (tertiary/aromatic N) is 3. The van der Waals surface area contributed by atoms with Gasteiger partial charge >= 0.3 is 0 Å². The van der Waals surface area contributed by atoms with E-state index >= 15 is 0 Å². The Morgan fingerprint density at radius 2 is 1.69 bits per heavy atom. The van der Waals surface area contributed by atoms with Crippen LogP contribution in [0, 0.1) is 0 Å².